The number of nitrogens with zero attached hydrogens (tertiary/aromatic N) is 2. The van der Waals surface area contributed by atoms with Crippen LogP contribution in [0.1, 0.15) is 27.2 Å². The summed E-state index contributed by atoms with van der Waals surface area (Å²) < 4.78 is 45.2. The average Bonchev–Trinajstić information content (AvgIpc) is 2.74. The lowest BCUT2D eigenvalue weighted by Gasteiger charge is -2.35. The van der Waals surface area contributed by atoms with Crippen LogP contribution in [0.25, 0.3) is 0 Å². The summed E-state index contributed by atoms with van der Waals surface area (Å²) in [7, 11) is -4.60. The van der Waals surface area contributed by atoms with Crippen LogP contribution in [0.4, 0.5) is 8.68 Å². The minimum atomic E-state index is -4.60. The number of rotatable bonds is 4. The van der Waals surface area contributed by atoms with Crippen LogP contribution in [0, 0.1) is 5.92 Å². The van der Waals surface area contributed by atoms with Crippen LogP contribution in [0.15, 0.2) is 0 Å². The molecule has 0 aliphatic carbocycles. The van der Waals surface area contributed by atoms with E-state index >= 15 is 0 Å². The van der Waals surface area contributed by atoms with Crippen molar-refractivity contribution in [2.75, 3.05) is 38.5 Å². The number of ether oxygens (including phenoxy) is 2. The van der Waals surface area contributed by atoms with Gasteiger partial charge in [0.25, 0.3) is 0 Å². The van der Waals surface area contributed by atoms with E-state index in [1.165, 1.54) is 9.80 Å². The smallest absolute Gasteiger partial charge is 0.410 e. The van der Waals surface area contributed by atoms with Crippen molar-refractivity contribution in [1.82, 2.24) is 9.80 Å². The van der Waals surface area contributed by atoms with Crippen molar-refractivity contribution in [3.63, 3.8) is 0 Å². The van der Waals surface area contributed by atoms with Gasteiger partial charge in [0.1, 0.15) is 5.60 Å². The van der Waals surface area contributed by atoms with Crippen molar-refractivity contribution in [3.8, 4) is 0 Å². The number of carbonyl (C=O) groups excluding carboxylic acids is 2. The number of halogens is 1. The molecule has 2 saturated heterocycles. The highest BCUT2D eigenvalue weighted by Gasteiger charge is 2.36. The lowest BCUT2D eigenvalue weighted by molar-refractivity contribution is -0.130. The fraction of sp³-hybridized carbons (Fsp3) is 0.867. The summed E-state index contributed by atoms with van der Waals surface area (Å²) in [5.74, 6) is -1.43. The third-order valence-electron chi connectivity index (χ3n) is 3.94. The van der Waals surface area contributed by atoms with Gasteiger partial charge in [-0.15, -0.1) is 3.89 Å². The standard InChI is InChI=1S/C15H25FN2O6S/c1-15(2,3)24-14(20)17-4-5-23-12(8-17)9-18-7-11(6-13(18)19)10-25(16,21)22/h11-12H,4-10H2,1-3H3/t11?,12-/m0/s1. The van der Waals surface area contributed by atoms with E-state index in [9.17, 15) is 21.9 Å². The van der Waals surface area contributed by atoms with Crippen LogP contribution in [-0.2, 0) is 24.5 Å². The third kappa shape index (κ3) is 6.43. The first-order chi connectivity index (χ1) is 11.4. The molecule has 2 rings (SSSR count). The molecular weight excluding hydrogens is 355 g/mol. The van der Waals surface area contributed by atoms with E-state index < -0.39 is 33.6 Å². The Morgan fingerprint density at radius 1 is 1.36 bits per heavy atom. The second-order valence-corrected chi connectivity index (χ2v) is 8.90. The van der Waals surface area contributed by atoms with E-state index in [0.717, 1.165) is 0 Å². The Kier molecular flexibility index (Phi) is 5.93. The van der Waals surface area contributed by atoms with Gasteiger partial charge in [0.15, 0.2) is 0 Å². The van der Waals surface area contributed by atoms with E-state index in [2.05, 4.69) is 0 Å². The van der Waals surface area contributed by atoms with Crippen molar-refractivity contribution in [2.24, 2.45) is 5.92 Å². The topological polar surface area (TPSA) is 93.2 Å². The Morgan fingerprint density at radius 2 is 2.04 bits per heavy atom. The van der Waals surface area contributed by atoms with Crippen LogP contribution in [-0.4, -0.2) is 80.5 Å². The van der Waals surface area contributed by atoms with Crippen molar-refractivity contribution in [1.29, 1.82) is 0 Å². The summed E-state index contributed by atoms with van der Waals surface area (Å²) in [6.45, 7) is 6.77. The quantitative estimate of drug-likeness (QED) is 0.669. The molecule has 0 aromatic heterocycles. The van der Waals surface area contributed by atoms with Crippen molar-refractivity contribution < 1.29 is 31.4 Å². The van der Waals surface area contributed by atoms with Crippen LogP contribution < -0.4 is 0 Å². The molecule has 1 unspecified atom stereocenters. The zero-order valence-electron chi connectivity index (χ0n) is 14.7. The Balaban J connectivity index is 1.88. The summed E-state index contributed by atoms with van der Waals surface area (Å²) in [4.78, 5) is 27.1. The molecule has 2 fully saturated rings. The first-order valence-electron chi connectivity index (χ1n) is 8.22. The fourth-order valence-corrected chi connectivity index (χ4v) is 3.78. The van der Waals surface area contributed by atoms with Crippen LogP contribution in [0.2, 0.25) is 0 Å². The van der Waals surface area contributed by atoms with Gasteiger partial charge in [0.2, 0.25) is 5.91 Å². The number of carbonyl (C=O) groups is 2. The van der Waals surface area contributed by atoms with E-state index in [1.807, 2.05) is 0 Å². The number of likely N-dealkylation sites (tertiary alicyclic amines) is 1. The Hall–Kier alpha value is -1.42. The molecule has 2 aliphatic heterocycles. The van der Waals surface area contributed by atoms with Gasteiger partial charge < -0.3 is 19.3 Å². The van der Waals surface area contributed by atoms with E-state index in [-0.39, 0.29) is 38.1 Å². The van der Waals surface area contributed by atoms with Crippen LogP contribution in [0.5, 0.6) is 0 Å². The first-order valence-corrected chi connectivity index (χ1v) is 9.78. The Bertz CT molecular complexity index is 618. The second kappa shape index (κ2) is 7.45. The molecule has 25 heavy (non-hydrogen) atoms. The first kappa shape index (κ1) is 19.9. The molecule has 0 radical (unpaired) electrons. The molecule has 8 nitrogen and oxygen atoms in total. The Labute approximate surface area is 147 Å². The maximum Gasteiger partial charge on any atom is 0.410 e. The maximum absolute atomic E-state index is 12.8. The van der Waals surface area contributed by atoms with Gasteiger partial charge in [0, 0.05) is 32.0 Å². The van der Waals surface area contributed by atoms with Crippen molar-refractivity contribution >= 4 is 22.2 Å². The highest BCUT2D eigenvalue weighted by molar-refractivity contribution is 7.86. The number of hydrogen-bond acceptors (Lipinski definition) is 6. The minimum Gasteiger partial charge on any atom is -0.444 e. The third-order valence-corrected chi connectivity index (χ3v) is 4.81. The van der Waals surface area contributed by atoms with Crippen LogP contribution in [0.3, 0.4) is 0 Å². The number of hydrogen-bond donors (Lipinski definition) is 0. The molecule has 0 spiro atoms. The number of morpholine rings is 1. The molecule has 144 valence electrons. The lowest BCUT2D eigenvalue weighted by Crippen LogP contribution is -2.51. The average molecular weight is 380 g/mol. The monoisotopic (exact) mass is 380 g/mol. The Morgan fingerprint density at radius 3 is 2.64 bits per heavy atom. The molecule has 0 saturated carbocycles. The summed E-state index contributed by atoms with van der Waals surface area (Å²) in [6.07, 6.45) is -0.813. The summed E-state index contributed by atoms with van der Waals surface area (Å²) in [5, 5.41) is 0. The molecule has 0 aromatic rings. The van der Waals surface area contributed by atoms with E-state index in [1.54, 1.807) is 20.8 Å². The molecule has 0 N–H and O–H groups in total. The van der Waals surface area contributed by atoms with E-state index in [0.29, 0.717) is 13.2 Å². The largest absolute Gasteiger partial charge is 0.444 e. The molecule has 2 amide bonds. The molecule has 2 heterocycles. The number of amides is 2. The maximum atomic E-state index is 12.8. The molecular formula is C15H25FN2O6S. The minimum absolute atomic E-state index is 0.00561. The zero-order chi connectivity index (χ0) is 18.8. The second-order valence-electron chi connectivity index (χ2n) is 7.49. The fourth-order valence-electron chi connectivity index (χ4n) is 2.99. The molecule has 2 aliphatic rings. The van der Waals surface area contributed by atoms with Crippen LogP contribution >= 0.6 is 0 Å². The predicted octanol–water partition coefficient (Wildman–Crippen LogP) is 0.770. The molecule has 10 heteroatoms. The normalized spacial score (nSPS) is 25.4. The summed E-state index contributed by atoms with van der Waals surface area (Å²) in [6, 6.07) is 0. The van der Waals surface area contributed by atoms with Gasteiger partial charge in [-0.1, -0.05) is 0 Å². The molecule has 2 atom stereocenters. The predicted molar refractivity (Wildman–Crippen MR) is 87.1 cm³/mol. The molecule has 0 aromatic carbocycles. The summed E-state index contributed by atoms with van der Waals surface area (Å²) in [5.41, 5.74) is -0.596. The summed E-state index contributed by atoms with van der Waals surface area (Å²) >= 11 is 0. The lowest BCUT2D eigenvalue weighted by atomic mass is 10.1. The van der Waals surface area contributed by atoms with Gasteiger partial charge in [0.05, 0.1) is 25.0 Å². The van der Waals surface area contributed by atoms with Crippen molar-refractivity contribution in [3.05, 3.63) is 0 Å². The highest BCUT2D eigenvalue weighted by Crippen LogP contribution is 2.22. The van der Waals surface area contributed by atoms with Crippen molar-refractivity contribution in [2.45, 2.75) is 38.9 Å². The van der Waals surface area contributed by atoms with Gasteiger partial charge in [-0.2, -0.15) is 8.42 Å². The molecule has 0 bridgehead atoms. The van der Waals surface area contributed by atoms with Gasteiger partial charge in [-0.3, -0.25) is 4.79 Å². The van der Waals surface area contributed by atoms with Gasteiger partial charge >= 0.3 is 16.3 Å². The zero-order valence-corrected chi connectivity index (χ0v) is 15.6. The SMILES string of the molecule is CC(C)(C)OC(=O)N1CCO[C@H](CN2CC(CS(=O)(=O)F)CC2=O)C1. The van der Waals surface area contributed by atoms with E-state index in [4.69, 9.17) is 9.47 Å². The highest BCUT2D eigenvalue weighted by atomic mass is 32.3. The van der Waals surface area contributed by atoms with Gasteiger partial charge in [-0.05, 0) is 20.8 Å². The van der Waals surface area contributed by atoms with Gasteiger partial charge in [-0.25, -0.2) is 4.79 Å².